The average molecular weight is 195 g/mol. The minimum Gasteiger partial charge on any atom is -0.388 e. The second-order valence-corrected chi connectivity index (χ2v) is 3.93. The number of pyridine rings is 1. The molecule has 14 heavy (non-hydrogen) atoms. The topological polar surface area (TPSA) is 33.1 Å². The molecule has 0 radical (unpaired) electrons. The fourth-order valence-electron chi connectivity index (χ4n) is 2.14. The predicted molar refractivity (Wildman–Crippen MR) is 51.1 cm³/mol. The van der Waals surface area contributed by atoms with Gasteiger partial charge in [-0.1, -0.05) is 12.8 Å². The highest BCUT2D eigenvalue weighted by atomic mass is 19.1. The predicted octanol–water partition coefficient (Wildman–Crippen LogP) is 2.44. The molecular formula is C11H14FNO. The Kier molecular flexibility index (Phi) is 2.77. The highest BCUT2D eigenvalue weighted by molar-refractivity contribution is 5.14. The third-order valence-electron chi connectivity index (χ3n) is 2.91. The first-order valence-electron chi connectivity index (χ1n) is 5.06. The van der Waals surface area contributed by atoms with E-state index in [-0.39, 0.29) is 5.82 Å². The molecule has 1 aliphatic carbocycles. The lowest BCUT2D eigenvalue weighted by atomic mass is 9.96. The number of hydrogen-bond acceptors (Lipinski definition) is 2. The summed E-state index contributed by atoms with van der Waals surface area (Å²) in [6.45, 7) is 0. The molecule has 1 aromatic rings. The fourth-order valence-corrected chi connectivity index (χ4v) is 2.14. The van der Waals surface area contributed by atoms with E-state index in [1.165, 1.54) is 18.9 Å². The molecule has 0 bridgehead atoms. The SMILES string of the molecule is OC(c1cncc(F)c1)C1CCCC1. The first-order chi connectivity index (χ1) is 6.77. The normalized spacial score (nSPS) is 19.9. The van der Waals surface area contributed by atoms with Crippen LogP contribution in [0.25, 0.3) is 0 Å². The number of aromatic nitrogens is 1. The van der Waals surface area contributed by atoms with Crippen LogP contribution >= 0.6 is 0 Å². The summed E-state index contributed by atoms with van der Waals surface area (Å²) in [5.41, 5.74) is 0.608. The number of aliphatic hydroxyl groups is 1. The Hall–Kier alpha value is -0.960. The lowest BCUT2D eigenvalue weighted by molar-refractivity contribution is 0.111. The molecule has 0 amide bonds. The average Bonchev–Trinajstić information content (AvgIpc) is 2.69. The quantitative estimate of drug-likeness (QED) is 0.786. The first-order valence-corrected chi connectivity index (χ1v) is 5.06. The monoisotopic (exact) mass is 195 g/mol. The van der Waals surface area contributed by atoms with E-state index in [4.69, 9.17) is 0 Å². The lowest BCUT2D eigenvalue weighted by Crippen LogP contribution is -2.09. The van der Waals surface area contributed by atoms with Gasteiger partial charge in [-0.3, -0.25) is 4.98 Å². The van der Waals surface area contributed by atoms with E-state index in [2.05, 4.69) is 4.98 Å². The van der Waals surface area contributed by atoms with Gasteiger partial charge in [0.05, 0.1) is 12.3 Å². The minimum atomic E-state index is -0.541. The van der Waals surface area contributed by atoms with Crippen LogP contribution in [0, 0.1) is 11.7 Å². The second-order valence-electron chi connectivity index (χ2n) is 3.93. The van der Waals surface area contributed by atoms with Crippen molar-refractivity contribution in [2.24, 2.45) is 5.92 Å². The van der Waals surface area contributed by atoms with E-state index < -0.39 is 6.10 Å². The maximum Gasteiger partial charge on any atom is 0.141 e. The summed E-state index contributed by atoms with van der Waals surface area (Å²) in [6, 6.07) is 1.37. The van der Waals surface area contributed by atoms with Gasteiger partial charge in [0.25, 0.3) is 0 Å². The summed E-state index contributed by atoms with van der Waals surface area (Å²) in [5, 5.41) is 9.94. The van der Waals surface area contributed by atoms with Crippen molar-refractivity contribution in [2.75, 3.05) is 0 Å². The van der Waals surface area contributed by atoms with Gasteiger partial charge < -0.3 is 5.11 Å². The summed E-state index contributed by atoms with van der Waals surface area (Å²) >= 11 is 0. The van der Waals surface area contributed by atoms with E-state index in [1.54, 1.807) is 6.20 Å². The van der Waals surface area contributed by atoms with Crippen molar-refractivity contribution < 1.29 is 9.50 Å². The Morgan fingerprint density at radius 2 is 2.07 bits per heavy atom. The molecule has 0 aliphatic heterocycles. The van der Waals surface area contributed by atoms with Gasteiger partial charge >= 0.3 is 0 Å². The van der Waals surface area contributed by atoms with Crippen molar-refractivity contribution in [2.45, 2.75) is 31.8 Å². The molecule has 1 saturated carbocycles. The molecule has 0 saturated heterocycles. The van der Waals surface area contributed by atoms with E-state index in [1.807, 2.05) is 0 Å². The lowest BCUT2D eigenvalue weighted by Gasteiger charge is -2.17. The second kappa shape index (κ2) is 4.05. The van der Waals surface area contributed by atoms with Gasteiger partial charge in [-0.15, -0.1) is 0 Å². The Morgan fingerprint density at radius 1 is 1.36 bits per heavy atom. The van der Waals surface area contributed by atoms with Crippen molar-refractivity contribution in [1.29, 1.82) is 0 Å². The molecule has 1 aromatic heterocycles. The molecule has 2 rings (SSSR count). The van der Waals surface area contributed by atoms with Crippen LogP contribution < -0.4 is 0 Å². The number of hydrogen-bond donors (Lipinski definition) is 1. The van der Waals surface area contributed by atoms with Crippen LogP contribution in [0.5, 0.6) is 0 Å². The molecule has 1 heterocycles. The van der Waals surface area contributed by atoms with Gasteiger partial charge in [-0.05, 0) is 24.8 Å². The minimum absolute atomic E-state index is 0.290. The zero-order chi connectivity index (χ0) is 9.97. The molecule has 1 fully saturated rings. The Bertz CT molecular complexity index is 310. The molecule has 76 valence electrons. The summed E-state index contributed by atoms with van der Waals surface area (Å²) in [6.07, 6.45) is 6.59. The van der Waals surface area contributed by atoms with Crippen molar-refractivity contribution in [3.05, 3.63) is 29.8 Å². The number of nitrogens with zero attached hydrogens (tertiary/aromatic N) is 1. The number of halogens is 1. The van der Waals surface area contributed by atoms with Crippen LogP contribution in [0.4, 0.5) is 4.39 Å². The number of aliphatic hydroxyl groups excluding tert-OH is 1. The number of rotatable bonds is 2. The third-order valence-corrected chi connectivity index (χ3v) is 2.91. The van der Waals surface area contributed by atoms with Gasteiger partial charge in [-0.2, -0.15) is 0 Å². The van der Waals surface area contributed by atoms with Gasteiger partial charge in [0.2, 0.25) is 0 Å². The fraction of sp³-hybridized carbons (Fsp3) is 0.545. The van der Waals surface area contributed by atoms with Crippen LogP contribution in [-0.4, -0.2) is 10.1 Å². The molecule has 1 unspecified atom stereocenters. The van der Waals surface area contributed by atoms with E-state index in [0.29, 0.717) is 11.5 Å². The van der Waals surface area contributed by atoms with Crippen LogP contribution in [0.15, 0.2) is 18.5 Å². The molecule has 2 nitrogen and oxygen atoms in total. The van der Waals surface area contributed by atoms with Crippen molar-refractivity contribution >= 4 is 0 Å². The molecule has 1 atom stereocenters. The first kappa shape index (κ1) is 9.59. The van der Waals surface area contributed by atoms with Gasteiger partial charge in [0.1, 0.15) is 5.82 Å². The highest BCUT2D eigenvalue weighted by Gasteiger charge is 2.24. The molecule has 1 N–H and O–H groups in total. The summed E-state index contributed by atoms with van der Waals surface area (Å²) in [7, 11) is 0. The molecule has 0 aromatic carbocycles. The zero-order valence-electron chi connectivity index (χ0n) is 7.99. The van der Waals surface area contributed by atoms with Crippen molar-refractivity contribution in [3.63, 3.8) is 0 Å². The standard InChI is InChI=1S/C11H14FNO/c12-10-5-9(6-13-7-10)11(14)8-3-1-2-4-8/h5-8,11,14H,1-4H2. The Morgan fingerprint density at radius 3 is 2.71 bits per heavy atom. The van der Waals surface area contributed by atoms with E-state index in [0.717, 1.165) is 19.0 Å². The van der Waals surface area contributed by atoms with E-state index in [9.17, 15) is 9.50 Å². The highest BCUT2D eigenvalue weighted by Crippen LogP contribution is 2.35. The molecule has 3 heteroatoms. The Balaban J connectivity index is 2.13. The van der Waals surface area contributed by atoms with Gasteiger partial charge in [-0.25, -0.2) is 4.39 Å². The molecule has 1 aliphatic rings. The summed E-state index contributed by atoms with van der Waals surface area (Å²) in [4.78, 5) is 3.74. The van der Waals surface area contributed by atoms with Gasteiger partial charge in [0.15, 0.2) is 0 Å². The van der Waals surface area contributed by atoms with Crippen molar-refractivity contribution in [1.82, 2.24) is 4.98 Å². The summed E-state index contributed by atoms with van der Waals surface area (Å²) in [5.74, 6) is -0.0850. The van der Waals surface area contributed by atoms with Crippen LogP contribution in [0.2, 0.25) is 0 Å². The van der Waals surface area contributed by atoms with Crippen LogP contribution in [0.1, 0.15) is 37.4 Å². The zero-order valence-corrected chi connectivity index (χ0v) is 7.99. The maximum atomic E-state index is 12.8. The van der Waals surface area contributed by atoms with Gasteiger partial charge in [0, 0.05) is 11.8 Å². The van der Waals surface area contributed by atoms with Crippen LogP contribution in [0.3, 0.4) is 0 Å². The van der Waals surface area contributed by atoms with Crippen molar-refractivity contribution in [3.8, 4) is 0 Å². The molecular weight excluding hydrogens is 181 g/mol. The molecule has 0 spiro atoms. The Labute approximate surface area is 82.8 Å². The summed E-state index contributed by atoms with van der Waals surface area (Å²) < 4.78 is 12.8. The third kappa shape index (κ3) is 1.93. The maximum absolute atomic E-state index is 12.8. The smallest absolute Gasteiger partial charge is 0.141 e. The van der Waals surface area contributed by atoms with E-state index >= 15 is 0 Å². The largest absolute Gasteiger partial charge is 0.388 e. The van der Waals surface area contributed by atoms with Crippen LogP contribution in [-0.2, 0) is 0 Å².